The molecule has 3 aromatic carbocycles. The highest BCUT2D eigenvalue weighted by Crippen LogP contribution is 2.23. The molecule has 1 amide bonds. The molecule has 0 heterocycles. The smallest absolute Gasteiger partial charge is 0.338 e. The number of hydrogen-bond donors (Lipinski definition) is 1. The molecule has 3 rings (SSSR count). The van der Waals surface area contributed by atoms with Gasteiger partial charge >= 0.3 is 5.97 Å². The Morgan fingerprint density at radius 3 is 2.41 bits per heavy atom. The van der Waals surface area contributed by atoms with Crippen molar-refractivity contribution in [2.75, 3.05) is 12.4 Å². The molecular weight excluding hydrogens is 342 g/mol. The Morgan fingerprint density at radius 2 is 1.67 bits per heavy atom. The molecule has 5 nitrogen and oxygen atoms in total. The van der Waals surface area contributed by atoms with E-state index in [1.165, 1.54) is 0 Å². The average Bonchev–Trinajstić information content (AvgIpc) is 2.69. The standard InChI is InChI=1S/C22H21NO4/c1-15(27-22(25)18-12-10-16(11-13-18)14-26-2)21(24)23-20-9-5-7-17-6-3-4-8-19(17)20/h3-13,15H,14H2,1-2H3,(H,23,24)/t15-/m0/s1. The van der Waals surface area contributed by atoms with Crippen molar-refractivity contribution in [3.63, 3.8) is 0 Å². The Morgan fingerprint density at radius 1 is 0.963 bits per heavy atom. The van der Waals surface area contributed by atoms with Crippen LogP contribution in [0.5, 0.6) is 0 Å². The van der Waals surface area contributed by atoms with Crippen molar-refractivity contribution in [1.82, 2.24) is 0 Å². The van der Waals surface area contributed by atoms with Crippen molar-refractivity contribution in [2.45, 2.75) is 19.6 Å². The van der Waals surface area contributed by atoms with Crippen molar-refractivity contribution in [1.29, 1.82) is 0 Å². The molecule has 0 aliphatic heterocycles. The van der Waals surface area contributed by atoms with Crippen LogP contribution in [0.25, 0.3) is 10.8 Å². The van der Waals surface area contributed by atoms with Gasteiger partial charge in [0.2, 0.25) is 0 Å². The minimum Gasteiger partial charge on any atom is -0.449 e. The summed E-state index contributed by atoms with van der Waals surface area (Å²) >= 11 is 0. The van der Waals surface area contributed by atoms with E-state index in [9.17, 15) is 9.59 Å². The van der Waals surface area contributed by atoms with Crippen LogP contribution in [0, 0.1) is 0 Å². The Kier molecular flexibility index (Phi) is 5.84. The maximum Gasteiger partial charge on any atom is 0.338 e. The maximum atomic E-state index is 12.5. The third-order valence-electron chi connectivity index (χ3n) is 4.20. The maximum absolute atomic E-state index is 12.5. The minimum absolute atomic E-state index is 0.379. The van der Waals surface area contributed by atoms with E-state index in [4.69, 9.17) is 9.47 Å². The van der Waals surface area contributed by atoms with Gasteiger partial charge in [-0.2, -0.15) is 0 Å². The summed E-state index contributed by atoms with van der Waals surface area (Å²) in [6, 6.07) is 20.3. The minimum atomic E-state index is -0.921. The van der Waals surface area contributed by atoms with Crippen LogP contribution in [0.1, 0.15) is 22.8 Å². The summed E-state index contributed by atoms with van der Waals surface area (Å²) in [5.74, 6) is -0.921. The first-order valence-corrected chi connectivity index (χ1v) is 8.66. The van der Waals surface area contributed by atoms with E-state index in [0.29, 0.717) is 17.9 Å². The summed E-state index contributed by atoms with van der Waals surface area (Å²) in [6.45, 7) is 2.02. The number of methoxy groups -OCH3 is 1. The number of esters is 1. The van der Waals surface area contributed by atoms with Crippen LogP contribution in [-0.4, -0.2) is 25.1 Å². The number of amides is 1. The zero-order valence-electron chi connectivity index (χ0n) is 15.3. The van der Waals surface area contributed by atoms with Gasteiger partial charge in [0.1, 0.15) is 0 Å². The summed E-state index contributed by atoms with van der Waals surface area (Å²) in [5.41, 5.74) is 2.03. The lowest BCUT2D eigenvalue weighted by Crippen LogP contribution is -2.30. The number of rotatable bonds is 6. The summed E-state index contributed by atoms with van der Waals surface area (Å²) in [4.78, 5) is 24.7. The van der Waals surface area contributed by atoms with Crippen LogP contribution in [0.4, 0.5) is 5.69 Å². The second kappa shape index (κ2) is 8.47. The Bertz CT molecular complexity index is 945. The van der Waals surface area contributed by atoms with Crippen LogP contribution < -0.4 is 5.32 Å². The molecule has 0 bridgehead atoms. The van der Waals surface area contributed by atoms with Crippen LogP contribution in [0.2, 0.25) is 0 Å². The number of anilines is 1. The van der Waals surface area contributed by atoms with Crippen LogP contribution in [0.3, 0.4) is 0 Å². The molecule has 1 atom stereocenters. The van der Waals surface area contributed by atoms with Gasteiger partial charge in [-0.25, -0.2) is 4.79 Å². The first-order valence-electron chi connectivity index (χ1n) is 8.66. The molecule has 3 aromatic rings. The molecule has 0 unspecified atom stereocenters. The predicted octanol–water partition coefficient (Wildman–Crippen LogP) is 4.17. The number of fused-ring (bicyclic) bond motifs is 1. The van der Waals surface area contributed by atoms with Gasteiger partial charge in [-0.05, 0) is 36.1 Å². The third-order valence-corrected chi connectivity index (χ3v) is 4.20. The molecule has 5 heteroatoms. The molecule has 0 aromatic heterocycles. The molecule has 0 aliphatic carbocycles. The van der Waals surface area contributed by atoms with Gasteiger partial charge in [0, 0.05) is 18.2 Å². The van der Waals surface area contributed by atoms with Crippen LogP contribution in [-0.2, 0) is 20.9 Å². The fourth-order valence-corrected chi connectivity index (χ4v) is 2.75. The zero-order valence-corrected chi connectivity index (χ0v) is 15.3. The van der Waals surface area contributed by atoms with E-state index in [2.05, 4.69) is 5.32 Å². The van der Waals surface area contributed by atoms with E-state index in [1.807, 2.05) is 42.5 Å². The predicted molar refractivity (Wildman–Crippen MR) is 105 cm³/mol. The molecule has 0 saturated carbocycles. The van der Waals surface area contributed by atoms with Crippen molar-refractivity contribution >= 4 is 28.3 Å². The summed E-state index contributed by atoms with van der Waals surface area (Å²) in [6.07, 6.45) is -0.921. The van der Waals surface area contributed by atoms with E-state index in [0.717, 1.165) is 16.3 Å². The number of ether oxygens (including phenoxy) is 2. The van der Waals surface area contributed by atoms with Crippen molar-refractivity contribution < 1.29 is 19.1 Å². The van der Waals surface area contributed by atoms with Crippen LogP contribution in [0.15, 0.2) is 66.7 Å². The number of carbonyl (C=O) groups is 2. The molecule has 0 radical (unpaired) electrons. The monoisotopic (exact) mass is 363 g/mol. The highest BCUT2D eigenvalue weighted by molar-refractivity contribution is 6.04. The number of nitrogens with one attached hydrogen (secondary N) is 1. The third kappa shape index (κ3) is 4.51. The van der Waals surface area contributed by atoms with Gasteiger partial charge in [0.25, 0.3) is 5.91 Å². The van der Waals surface area contributed by atoms with E-state index >= 15 is 0 Å². The van der Waals surface area contributed by atoms with Gasteiger partial charge in [-0.1, -0.05) is 48.5 Å². The molecule has 0 saturated heterocycles. The van der Waals surface area contributed by atoms with E-state index in [1.54, 1.807) is 38.3 Å². The van der Waals surface area contributed by atoms with Gasteiger partial charge < -0.3 is 14.8 Å². The van der Waals surface area contributed by atoms with Crippen molar-refractivity contribution in [3.05, 3.63) is 77.9 Å². The SMILES string of the molecule is COCc1ccc(C(=O)O[C@@H](C)C(=O)Nc2cccc3ccccc23)cc1. The van der Waals surface area contributed by atoms with Gasteiger partial charge in [-0.15, -0.1) is 0 Å². The van der Waals surface area contributed by atoms with Gasteiger partial charge in [-0.3, -0.25) is 4.79 Å². The Balaban J connectivity index is 1.65. The first kappa shape index (κ1) is 18.6. The van der Waals surface area contributed by atoms with Gasteiger partial charge in [0.15, 0.2) is 6.10 Å². The molecular formula is C22H21NO4. The second-order valence-corrected chi connectivity index (χ2v) is 6.19. The molecule has 27 heavy (non-hydrogen) atoms. The lowest BCUT2D eigenvalue weighted by Gasteiger charge is -2.15. The Labute approximate surface area is 157 Å². The number of carbonyl (C=O) groups excluding carboxylic acids is 2. The fourth-order valence-electron chi connectivity index (χ4n) is 2.75. The van der Waals surface area contributed by atoms with Crippen molar-refractivity contribution in [2.24, 2.45) is 0 Å². The second-order valence-electron chi connectivity index (χ2n) is 6.19. The number of benzene rings is 3. The Hall–Kier alpha value is -3.18. The average molecular weight is 363 g/mol. The highest BCUT2D eigenvalue weighted by atomic mass is 16.5. The first-order chi connectivity index (χ1) is 13.1. The zero-order chi connectivity index (χ0) is 19.2. The quantitative estimate of drug-likeness (QED) is 0.668. The van der Waals surface area contributed by atoms with E-state index in [-0.39, 0.29) is 5.91 Å². The number of hydrogen-bond acceptors (Lipinski definition) is 4. The summed E-state index contributed by atoms with van der Waals surface area (Å²) in [7, 11) is 1.61. The molecule has 138 valence electrons. The molecule has 0 aliphatic rings. The normalized spacial score (nSPS) is 11.8. The molecule has 0 spiro atoms. The largest absolute Gasteiger partial charge is 0.449 e. The lowest BCUT2D eigenvalue weighted by atomic mass is 10.1. The van der Waals surface area contributed by atoms with Gasteiger partial charge in [0.05, 0.1) is 12.2 Å². The summed E-state index contributed by atoms with van der Waals surface area (Å²) < 4.78 is 10.3. The fraction of sp³-hybridized carbons (Fsp3) is 0.182. The topological polar surface area (TPSA) is 64.6 Å². The van der Waals surface area contributed by atoms with E-state index < -0.39 is 12.1 Å². The summed E-state index contributed by atoms with van der Waals surface area (Å²) in [5, 5.41) is 4.79. The molecule has 0 fully saturated rings. The van der Waals surface area contributed by atoms with Crippen LogP contribution >= 0.6 is 0 Å². The highest BCUT2D eigenvalue weighted by Gasteiger charge is 2.19. The van der Waals surface area contributed by atoms with Crippen molar-refractivity contribution in [3.8, 4) is 0 Å². The molecule has 1 N–H and O–H groups in total. The lowest BCUT2D eigenvalue weighted by molar-refractivity contribution is -0.123.